The van der Waals surface area contributed by atoms with Crippen molar-refractivity contribution in [1.29, 1.82) is 5.26 Å². The van der Waals surface area contributed by atoms with Crippen molar-refractivity contribution in [2.45, 2.75) is 32.3 Å². The second-order valence-electron chi connectivity index (χ2n) is 5.50. The lowest BCUT2D eigenvalue weighted by Crippen LogP contribution is -2.37. The van der Waals surface area contributed by atoms with Gasteiger partial charge in [0.05, 0.1) is 11.6 Å². The summed E-state index contributed by atoms with van der Waals surface area (Å²) >= 11 is 0. The Balaban J connectivity index is 2.80. The van der Waals surface area contributed by atoms with E-state index in [2.05, 4.69) is 0 Å². The lowest BCUT2D eigenvalue weighted by molar-refractivity contribution is -0.123. The highest BCUT2D eigenvalue weighted by molar-refractivity contribution is 5.77. The number of rotatable bonds is 6. The first-order chi connectivity index (χ1) is 9.73. The normalized spacial score (nSPS) is 12.2. The van der Waals surface area contributed by atoms with Crippen molar-refractivity contribution in [3.8, 4) is 6.07 Å². The summed E-state index contributed by atoms with van der Waals surface area (Å²) in [5.74, 6) is -0.965. The SMILES string of the molecule is CC(C)(CC(Cc1ccc(C#N)cc1)C(N)=O)OC(N)=O. The van der Waals surface area contributed by atoms with E-state index in [1.54, 1.807) is 38.1 Å². The topological polar surface area (TPSA) is 119 Å². The first-order valence-corrected chi connectivity index (χ1v) is 6.50. The highest BCUT2D eigenvalue weighted by Crippen LogP contribution is 2.23. The van der Waals surface area contributed by atoms with Crippen LogP contribution in [0.1, 0.15) is 31.4 Å². The standard InChI is InChI=1S/C15H19N3O3/c1-15(2,21-14(18)20)8-12(13(17)19)7-10-3-5-11(9-16)6-4-10/h3-6,12H,7-8H2,1-2H3,(H2,17,19)(H2,18,20). The predicted octanol–water partition coefficient (Wildman–Crippen LogP) is 1.47. The molecule has 1 rings (SSSR count). The van der Waals surface area contributed by atoms with E-state index < -0.39 is 23.5 Å². The van der Waals surface area contributed by atoms with E-state index in [-0.39, 0.29) is 6.42 Å². The zero-order valence-corrected chi connectivity index (χ0v) is 12.1. The number of carbonyl (C=O) groups excluding carboxylic acids is 2. The molecular formula is C15H19N3O3. The van der Waals surface area contributed by atoms with Gasteiger partial charge in [0.25, 0.3) is 0 Å². The molecule has 112 valence electrons. The minimum atomic E-state index is -0.887. The Labute approximate surface area is 123 Å². The third-order valence-corrected chi connectivity index (χ3v) is 3.08. The second kappa shape index (κ2) is 6.75. The number of nitrogens with two attached hydrogens (primary N) is 2. The molecule has 6 nitrogen and oxygen atoms in total. The molecular weight excluding hydrogens is 270 g/mol. The molecule has 6 heteroatoms. The Morgan fingerprint density at radius 3 is 2.29 bits per heavy atom. The van der Waals surface area contributed by atoms with Crippen LogP contribution in [-0.2, 0) is 16.0 Å². The number of primary amides is 2. The molecule has 1 aromatic carbocycles. The van der Waals surface area contributed by atoms with Gasteiger partial charge in [-0.3, -0.25) is 4.79 Å². The summed E-state index contributed by atoms with van der Waals surface area (Å²) in [5.41, 5.74) is 11.0. The van der Waals surface area contributed by atoms with Crippen LogP contribution in [0.25, 0.3) is 0 Å². The van der Waals surface area contributed by atoms with E-state index in [9.17, 15) is 9.59 Å². The van der Waals surface area contributed by atoms with Crippen LogP contribution in [0.4, 0.5) is 4.79 Å². The number of benzene rings is 1. The summed E-state index contributed by atoms with van der Waals surface area (Å²) in [4.78, 5) is 22.4. The van der Waals surface area contributed by atoms with Crippen LogP contribution in [0.15, 0.2) is 24.3 Å². The molecule has 0 fully saturated rings. The molecule has 0 heterocycles. The second-order valence-corrected chi connectivity index (χ2v) is 5.50. The molecule has 0 bridgehead atoms. The molecule has 1 atom stereocenters. The molecule has 0 aliphatic rings. The smallest absolute Gasteiger partial charge is 0.405 e. The van der Waals surface area contributed by atoms with Crippen molar-refractivity contribution in [2.24, 2.45) is 17.4 Å². The van der Waals surface area contributed by atoms with Gasteiger partial charge < -0.3 is 16.2 Å². The minimum Gasteiger partial charge on any atom is -0.444 e. The zero-order valence-electron chi connectivity index (χ0n) is 12.1. The quantitative estimate of drug-likeness (QED) is 0.823. The Bertz CT molecular complexity index is 559. The summed E-state index contributed by atoms with van der Waals surface area (Å²) in [6, 6.07) is 8.93. The van der Waals surface area contributed by atoms with Crippen molar-refractivity contribution in [3.05, 3.63) is 35.4 Å². The van der Waals surface area contributed by atoms with E-state index in [1.807, 2.05) is 6.07 Å². The highest BCUT2D eigenvalue weighted by Gasteiger charge is 2.29. The van der Waals surface area contributed by atoms with Gasteiger partial charge in [-0.15, -0.1) is 0 Å². The van der Waals surface area contributed by atoms with E-state index in [0.717, 1.165) is 5.56 Å². The van der Waals surface area contributed by atoms with E-state index >= 15 is 0 Å². The maximum Gasteiger partial charge on any atom is 0.405 e. The summed E-state index contributed by atoms with van der Waals surface area (Å²) in [6.45, 7) is 3.35. The van der Waals surface area contributed by atoms with Crippen LogP contribution < -0.4 is 11.5 Å². The van der Waals surface area contributed by atoms with Gasteiger partial charge in [0.15, 0.2) is 0 Å². The first-order valence-electron chi connectivity index (χ1n) is 6.50. The van der Waals surface area contributed by atoms with Gasteiger partial charge in [-0.2, -0.15) is 5.26 Å². The van der Waals surface area contributed by atoms with Gasteiger partial charge in [-0.1, -0.05) is 12.1 Å². The average Bonchev–Trinajstić information content (AvgIpc) is 2.36. The maximum atomic E-state index is 11.6. The molecule has 0 spiro atoms. The van der Waals surface area contributed by atoms with Gasteiger partial charge in [0.1, 0.15) is 5.60 Å². The van der Waals surface area contributed by atoms with Gasteiger partial charge in [-0.05, 0) is 44.4 Å². The van der Waals surface area contributed by atoms with E-state index in [4.69, 9.17) is 21.5 Å². The van der Waals surface area contributed by atoms with Crippen molar-refractivity contribution < 1.29 is 14.3 Å². The van der Waals surface area contributed by atoms with Crippen molar-refractivity contribution in [1.82, 2.24) is 0 Å². The fraction of sp³-hybridized carbons (Fsp3) is 0.400. The lowest BCUT2D eigenvalue weighted by Gasteiger charge is -2.27. The fourth-order valence-electron chi connectivity index (χ4n) is 2.18. The molecule has 1 unspecified atom stereocenters. The van der Waals surface area contributed by atoms with Gasteiger partial charge in [0.2, 0.25) is 5.91 Å². The van der Waals surface area contributed by atoms with Crippen LogP contribution in [0, 0.1) is 17.2 Å². The largest absolute Gasteiger partial charge is 0.444 e. The lowest BCUT2D eigenvalue weighted by atomic mass is 9.87. The fourth-order valence-corrected chi connectivity index (χ4v) is 2.18. The highest BCUT2D eigenvalue weighted by atomic mass is 16.6. The van der Waals surface area contributed by atoms with Crippen LogP contribution >= 0.6 is 0 Å². The van der Waals surface area contributed by atoms with Gasteiger partial charge >= 0.3 is 6.09 Å². The molecule has 0 saturated heterocycles. The molecule has 1 aromatic rings. The summed E-state index contributed by atoms with van der Waals surface area (Å²) < 4.78 is 4.98. The molecule has 2 amide bonds. The third kappa shape index (κ3) is 5.53. The zero-order chi connectivity index (χ0) is 16.0. The monoisotopic (exact) mass is 289 g/mol. The Hall–Kier alpha value is -2.55. The summed E-state index contributed by atoms with van der Waals surface area (Å²) in [7, 11) is 0. The molecule has 4 N–H and O–H groups in total. The molecule has 0 aliphatic heterocycles. The Morgan fingerprint density at radius 1 is 1.29 bits per heavy atom. The number of nitrogens with zero attached hydrogens (tertiary/aromatic N) is 1. The van der Waals surface area contributed by atoms with Crippen LogP contribution in [0.3, 0.4) is 0 Å². The molecule has 21 heavy (non-hydrogen) atoms. The number of hydrogen-bond donors (Lipinski definition) is 2. The maximum absolute atomic E-state index is 11.6. The predicted molar refractivity (Wildman–Crippen MR) is 76.9 cm³/mol. The van der Waals surface area contributed by atoms with Crippen LogP contribution in [-0.4, -0.2) is 17.6 Å². The number of hydrogen-bond acceptors (Lipinski definition) is 4. The van der Waals surface area contributed by atoms with Crippen LogP contribution in [0.5, 0.6) is 0 Å². The molecule has 0 saturated carbocycles. The number of carbonyl (C=O) groups is 2. The average molecular weight is 289 g/mol. The molecule has 0 radical (unpaired) electrons. The van der Waals surface area contributed by atoms with Gasteiger partial charge in [-0.25, -0.2) is 4.79 Å². The van der Waals surface area contributed by atoms with E-state index in [1.165, 1.54) is 0 Å². The molecule has 0 aromatic heterocycles. The Kier molecular flexibility index (Phi) is 5.30. The van der Waals surface area contributed by atoms with Crippen molar-refractivity contribution >= 4 is 12.0 Å². The number of nitriles is 1. The third-order valence-electron chi connectivity index (χ3n) is 3.08. The Morgan fingerprint density at radius 2 is 1.86 bits per heavy atom. The summed E-state index contributed by atoms with van der Waals surface area (Å²) in [6.07, 6.45) is -0.209. The number of amides is 2. The van der Waals surface area contributed by atoms with E-state index in [0.29, 0.717) is 12.0 Å². The van der Waals surface area contributed by atoms with Crippen molar-refractivity contribution in [3.63, 3.8) is 0 Å². The molecule has 0 aliphatic carbocycles. The summed E-state index contributed by atoms with van der Waals surface area (Å²) in [5, 5.41) is 8.75. The van der Waals surface area contributed by atoms with Crippen LogP contribution in [0.2, 0.25) is 0 Å². The van der Waals surface area contributed by atoms with Gasteiger partial charge in [0, 0.05) is 5.92 Å². The van der Waals surface area contributed by atoms with Crippen molar-refractivity contribution in [2.75, 3.05) is 0 Å². The first kappa shape index (κ1) is 16.5. The minimum absolute atomic E-state index is 0.269. The number of ether oxygens (including phenoxy) is 1.